The molecule has 4 nitrogen and oxygen atoms in total. The standard InChI is InChI=1S/C26H25N3O/c1-19-17-25(27-24-12-5-4-10-22(19)24)28-13-15-29(16-14-28)26(30)18-21-9-6-8-20-7-2-3-11-23(20)21/h2-12,17H,13-16,18H2,1H3. The number of anilines is 1. The number of carbonyl (C=O) groups is 1. The lowest BCUT2D eigenvalue weighted by Crippen LogP contribution is -2.49. The van der Waals surface area contributed by atoms with Crippen molar-refractivity contribution in [1.29, 1.82) is 0 Å². The fourth-order valence-electron chi connectivity index (χ4n) is 4.40. The number of aryl methyl sites for hydroxylation is 1. The Labute approximate surface area is 176 Å². The highest BCUT2D eigenvalue weighted by Crippen LogP contribution is 2.24. The average Bonchev–Trinajstić information content (AvgIpc) is 2.79. The number of para-hydroxylation sites is 1. The zero-order valence-corrected chi connectivity index (χ0v) is 17.2. The summed E-state index contributed by atoms with van der Waals surface area (Å²) in [4.78, 5) is 22.1. The molecule has 0 N–H and O–H groups in total. The predicted octanol–water partition coefficient (Wildman–Crippen LogP) is 4.59. The van der Waals surface area contributed by atoms with Crippen LogP contribution < -0.4 is 4.90 Å². The van der Waals surface area contributed by atoms with E-state index in [4.69, 9.17) is 4.98 Å². The zero-order valence-electron chi connectivity index (χ0n) is 17.2. The number of hydrogen-bond donors (Lipinski definition) is 0. The number of benzene rings is 3. The second-order valence-corrected chi connectivity index (χ2v) is 8.00. The van der Waals surface area contributed by atoms with E-state index in [1.54, 1.807) is 0 Å². The van der Waals surface area contributed by atoms with E-state index < -0.39 is 0 Å². The van der Waals surface area contributed by atoms with Crippen LogP contribution in [0.2, 0.25) is 0 Å². The van der Waals surface area contributed by atoms with Crippen molar-refractivity contribution >= 4 is 33.4 Å². The van der Waals surface area contributed by atoms with Gasteiger partial charge in [0.15, 0.2) is 0 Å². The van der Waals surface area contributed by atoms with Gasteiger partial charge in [0.1, 0.15) is 5.82 Å². The van der Waals surface area contributed by atoms with E-state index in [1.165, 1.54) is 21.7 Å². The maximum Gasteiger partial charge on any atom is 0.227 e. The van der Waals surface area contributed by atoms with Gasteiger partial charge < -0.3 is 9.80 Å². The summed E-state index contributed by atoms with van der Waals surface area (Å²) in [6, 6.07) is 24.9. The number of nitrogens with zero attached hydrogens (tertiary/aromatic N) is 3. The maximum absolute atomic E-state index is 13.0. The van der Waals surface area contributed by atoms with Gasteiger partial charge in [-0.2, -0.15) is 0 Å². The minimum atomic E-state index is 0.202. The van der Waals surface area contributed by atoms with Crippen LogP contribution in [0.1, 0.15) is 11.1 Å². The Kier molecular flexibility index (Phi) is 4.83. The van der Waals surface area contributed by atoms with Crippen LogP contribution >= 0.6 is 0 Å². The van der Waals surface area contributed by atoms with Crippen molar-refractivity contribution in [2.45, 2.75) is 13.3 Å². The summed E-state index contributed by atoms with van der Waals surface area (Å²) in [5, 5.41) is 3.55. The summed E-state index contributed by atoms with van der Waals surface area (Å²) < 4.78 is 0. The fraction of sp³-hybridized carbons (Fsp3) is 0.231. The molecule has 0 unspecified atom stereocenters. The molecule has 0 saturated carbocycles. The highest BCUT2D eigenvalue weighted by molar-refractivity contribution is 5.90. The monoisotopic (exact) mass is 395 g/mol. The van der Waals surface area contributed by atoms with E-state index in [-0.39, 0.29) is 5.91 Å². The molecule has 150 valence electrons. The first-order chi connectivity index (χ1) is 14.7. The van der Waals surface area contributed by atoms with Crippen LogP contribution in [0.3, 0.4) is 0 Å². The first-order valence-corrected chi connectivity index (χ1v) is 10.5. The van der Waals surface area contributed by atoms with Crippen molar-refractivity contribution in [2.75, 3.05) is 31.1 Å². The normalized spacial score (nSPS) is 14.4. The van der Waals surface area contributed by atoms with E-state index in [1.807, 2.05) is 29.2 Å². The lowest BCUT2D eigenvalue weighted by Gasteiger charge is -2.35. The molecule has 1 saturated heterocycles. The Morgan fingerprint density at radius 3 is 2.40 bits per heavy atom. The van der Waals surface area contributed by atoms with E-state index >= 15 is 0 Å². The Hall–Kier alpha value is -3.40. The smallest absolute Gasteiger partial charge is 0.227 e. The molecule has 4 aromatic rings. The van der Waals surface area contributed by atoms with Gasteiger partial charge in [-0.05, 0) is 41.0 Å². The van der Waals surface area contributed by atoms with Gasteiger partial charge in [0.05, 0.1) is 11.9 Å². The number of rotatable bonds is 3. The molecule has 1 amide bonds. The largest absolute Gasteiger partial charge is 0.353 e. The Balaban J connectivity index is 1.28. The van der Waals surface area contributed by atoms with Gasteiger partial charge in [0, 0.05) is 31.6 Å². The lowest BCUT2D eigenvalue weighted by atomic mass is 10.0. The predicted molar refractivity (Wildman–Crippen MR) is 123 cm³/mol. The number of aromatic nitrogens is 1. The van der Waals surface area contributed by atoms with E-state index in [9.17, 15) is 4.79 Å². The third-order valence-corrected chi connectivity index (χ3v) is 6.09. The fourth-order valence-corrected chi connectivity index (χ4v) is 4.40. The highest BCUT2D eigenvalue weighted by Gasteiger charge is 2.23. The summed E-state index contributed by atoms with van der Waals surface area (Å²) in [7, 11) is 0. The summed E-state index contributed by atoms with van der Waals surface area (Å²) in [6.07, 6.45) is 0.453. The number of amides is 1. The number of piperazine rings is 1. The second-order valence-electron chi connectivity index (χ2n) is 8.00. The molecule has 1 aliphatic heterocycles. The molecule has 0 spiro atoms. The molecule has 2 heterocycles. The molecule has 1 fully saturated rings. The van der Waals surface area contributed by atoms with E-state index in [0.29, 0.717) is 6.42 Å². The average molecular weight is 396 g/mol. The summed E-state index contributed by atoms with van der Waals surface area (Å²) in [5.74, 6) is 1.21. The number of fused-ring (bicyclic) bond motifs is 2. The van der Waals surface area contributed by atoms with Gasteiger partial charge in [0.2, 0.25) is 5.91 Å². The van der Waals surface area contributed by atoms with E-state index in [2.05, 4.69) is 60.4 Å². The van der Waals surface area contributed by atoms with Crippen LogP contribution in [0.15, 0.2) is 72.8 Å². The molecule has 0 atom stereocenters. The SMILES string of the molecule is Cc1cc(N2CCN(C(=O)Cc3cccc4ccccc34)CC2)nc2ccccc12. The minimum Gasteiger partial charge on any atom is -0.353 e. The van der Waals surface area contributed by atoms with Crippen molar-refractivity contribution in [1.82, 2.24) is 9.88 Å². The molecular weight excluding hydrogens is 370 g/mol. The van der Waals surface area contributed by atoms with Gasteiger partial charge in [-0.1, -0.05) is 60.7 Å². The summed E-state index contributed by atoms with van der Waals surface area (Å²) >= 11 is 0. The van der Waals surface area contributed by atoms with Gasteiger partial charge in [-0.15, -0.1) is 0 Å². The summed E-state index contributed by atoms with van der Waals surface area (Å²) in [5.41, 5.74) is 3.37. The zero-order chi connectivity index (χ0) is 20.5. The number of hydrogen-bond acceptors (Lipinski definition) is 3. The van der Waals surface area contributed by atoms with Gasteiger partial charge in [-0.25, -0.2) is 4.98 Å². The van der Waals surface area contributed by atoms with Crippen LogP contribution in [0.25, 0.3) is 21.7 Å². The minimum absolute atomic E-state index is 0.202. The van der Waals surface area contributed by atoms with Crippen molar-refractivity contribution < 1.29 is 4.79 Å². The third-order valence-electron chi connectivity index (χ3n) is 6.09. The highest BCUT2D eigenvalue weighted by atomic mass is 16.2. The lowest BCUT2D eigenvalue weighted by molar-refractivity contribution is -0.130. The Morgan fingerprint density at radius 1 is 0.867 bits per heavy atom. The van der Waals surface area contributed by atoms with Crippen LogP contribution in [0, 0.1) is 6.92 Å². The van der Waals surface area contributed by atoms with Crippen LogP contribution in [0.5, 0.6) is 0 Å². The van der Waals surface area contributed by atoms with Crippen molar-refractivity contribution in [3.8, 4) is 0 Å². The summed E-state index contributed by atoms with van der Waals surface area (Å²) in [6.45, 7) is 5.23. The molecule has 0 aliphatic carbocycles. The van der Waals surface area contributed by atoms with Crippen molar-refractivity contribution in [2.24, 2.45) is 0 Å². The third kappa shape index (κ3) is 3.50. The van der Waals surface area contributed by atoms with Crippen LogP contribution in [-0.2, 0) is 11.2 Å². The van der Waals surface area contributed by atoms with Crippen molar-refractivity contribution in [3.63, 3.8) is 0 Å². The first kappa shape index (κ1) is 18.6. The quantitative estimate of drug-likeness (QED) is 0.509. The molecule has 0 bridgehead atoms. The molecular formula is C26H25N3O. The molecule has 1 aromatic heterocycles. The topological polar surface area (TPSA) is 36.4 Å². The van der Waals surface area contributed by atoms with Crippen molar-refractivity contribution in [3.05, 3.63) is 83.9 Å². The first-order valence-electron chi connectivity index (χ1n) is 10.5. The maximum atomic E-state index is 13.0. The van der Waals surface area contributed by atoms with Gasteiger partial charge >= 0.3 is 0 Å². The number of carbonyl (C=O) groups excluding carboxylic acids is 1. The molecule has 5 rings (SSSR count). The Bertz CT molecular complexity index is 1220. The van der Waals surface area contributed by atoms with Gasteiger partial charge in [0.25, 0.3) is 0 Å². The molecule has 30 heavy (non-hydrogen) atoms. The van der Waals surface area contributed by atoms with Crippen LogP contribution in [0.4, 0.5) is 5.82 Å². The Morgan fingerprint density at radius 2 is 1.57 bits per heavy atom. The van der Waals surface area contributed by atoms with Gasteiger partial charge in [-0.3, -0.25) is 4.79 Å². The molecule has 3 aromatic carbocycles. The second kappa shape index (κ2) is 7.79. The van der Waals surface area contributed by atoms with E-state index in [0.717, 1.165) is 43.1 Å². The van der Waals surface area contributed by atoms with Crippen LogP contribution in [-0.4, -0.2) is 42.0 Å². The molecule has 4 heteroatoms. The number of pyridine rings is 1. The molecule has 0 radical (unpaired) electrons. The molecule has 1 aliphatic rings.